The zero-order chi connectivity index (χ0) is 10.2. The topological polar surface area (TPSA) is 58.0 Å². The number of aryl methyl sites for hydroxylation is 1. The fourth-order valence-electron chi connectivity index (χ4n) is 0.785. The average Bonchev–Trinajstić information content (AvgIpc) is 2.29. The molecule has 0 aliphatic heterocycles. The van der Waals surface area contributed by atoms with Crippen LogP contribution in [0.25, 0.3) is 0 Å². The van der Waals surface area contributed by atoms with Crippen LogP contribution in [0, 0.1) is 0 Å². The zero-order valence-corrected chi connectivity index (χ0v) is 8.15. The molecule has 1 aromatic rings. The van der Waals surface area contributed by atoms with E-state index in [0.717, 1.165) is 10.9 Å². The fraction of sp³-hybridized carbons (Fsp3) is 0.400. The van der Waals surface area contributed by atoms with Crippen molar-refractivity contribution < 1.29 is 40.8 Å². The summed E-state index contributed by atoms with van der Waals surface area (Å²) in [6, 6.07) is 0. The van der Waals surface area contributed by atoms with Crippen LogP contribution in [-0.4, -0.2) is 18.5 Å². The summed E-state index contributed by atoms with van der Waals surface area (Å²) >= 11 is -2.92. The maximum Gasteiger partial charge on any atom is 1.00 e. The van der Waals surface area contributed by atoms with Crippen molar-refractivity contribution in [2.24, 2.45) is 7.05 Å². The summed E-state index contributed by atoms with van der Waals surface area (Å²) in [5.41, 5.74) is -1.39. The van der Waals surface area contributed by atoms with Crippen molar-refractivity contribution >= 4 is 11.1 Å². The molecule has 1 heterocycles. The first-order valence-corrected chi connectivity index (χ1v) is 4.10. The maximum absolute atomic E-state index is 12.1. The van der Waals surface area contributed by atoms with Crippen molar-refractivity contribution in [2.75, 3.05) is 0 Å². The summed E-state index contributed by atoms with van der Waals surface area (Å²) in [6.07, 6.45) is -3.94. The third kappa shape index (κ3) is 2.85. The van der Waals surface area contributed by atoms with E-state index in [0.29, 0.717) is 0 Å². The molecular formula is C5H4F3LiN2O2S. The molecule has 74 valence electrons. The van der Waals surface area contributed by atoms with Crippen LogP contribution in [0.1, 0.15) is 5.69 Å². The summed E-state index contributed by atoms with van der Waals surface area (Å²) in [4.78, 5) is -0.838. The molecule has 0 bridgehead atoms. The third-order valence-electron chi connectivity index (χ3n) is 1.24. The SMILES string of the molecule is Cn1cc(S(=O)[O-])c(C(F)(F)F)n1.[Li+]. The standard InChI is InChI=1S/C5H5F3N2O2S.Li/c1-10-2-3(13(11)12)4(9-10)5(6,7)8;/h2H,1H3,(H,11,12);/q;+1/p-1. The second-order valence-corrected chi connectivity index (χ2v) is 3.16. The zero-order valence-electron chi connectivity index (χ0n) is 7.33. The van der Waals surface area contributed by atoms with E-state index in [9.17, 15) is 21.9 Å². The van der Waals surface area contributed by atoms with Crippen LogP contribution >= 0.6 is 0 Å². The Morgan fingerprint density at radius 3 is 2.36 bits per heavy atom. The van der Waals surface area contributed by atoms with Gasteiger partial charge in [-0.05, 0) is 11.1 Å². The molecule has 0 amide bonds. The predicted octanol–water partition coefficient (Wildman–Crippen LogP) is -2.32. The van der Waals surface area contributed by atoms with Crippen molar-refractivity contribution in [1.29, 1.82) is 0 Å². The minimum atomic E-state index is -4.74. The molecule has 4 nitrogen and oxygen atoms in total. The second kappa shape index (κ2) is 4.48. The first kappa shape index (κ1) is 13.7. The molecule has 0 aliphatic rings. The number of halogens is 3. The molecule has 0 saturated heterocycles. The Hall–Kier alpha value is -0.293. The summed E-state index contributed by atoms with van der Waals surface area (Å²) in [7, 11) is 1.21. The Balaban J connectivity index is 0.00000169. The van der Waals surface area contributed by atoms with Crippen molar-refractivity contribution in [3.63, 3.8) is 0 Å². The number of alkyl halides is 3. The van der Waals surface area contributed by atoms with Crippen molar-refractivity contribution in [3.05, 3.63) is 11.9 Å². The van der Waals surface area contributed by atoms with E-state index >= 15 is 0 Å². The molecule has 0 spiro atoms. The van der Waals surface area contributed by atoms with E-state index < -0.39 is 27.8 Å². The minimum absolute atomic E-state index is 0. The second-order valence-electron chi connectivity index (χ2n) is 2.25. The Labute approximate surface area is 91.9 Å². The van der Waals surface area contributed by atoms with Crippen LogP contribution < -0.4 is 18.9 Å². The van der Waals surface area contributed by atoms with Gasteiger partial charge in [-0.3, -0.25) is 8.89 Å². The molecule has 14 heavy (non-hydrogen) atoms. The van der Waals surface area contributed by atoms with Gasteiger partial charge in [0.2, 0.25) is 0 Å². The average molecular weight is 220 g/mol. The van der Waals surface area contributed by atoms with Gasteiger partial charge in [-0.25, -0.2) is 0 Å². The smallest absolute Gasteiger partial charge is 0.768 e. The van der Waals surface area contributed by atoms with Crippen LogP contribution in [0.5, 0.6) is 0 Å². The first-order valence-electron chi connectivity index (χ1n) is 3.02. The molecule has 9 heteroatoms. The summed E-state index contributed by atoms with van der Waals surface area (Å²) < 4.78 is 57.7. The largest absolute Gasteiger partial charge is 1.00 e. The Morgan fingerprint density at radius 2 is 2.07 bits per heavy atom. The predicted molar refractivity (Wildman–Crippen MR) is 35.4 cm³/mol. The van der Waals surface area contributed by atoms with E-state index in [1.54, 1.807) is 0 Å². The molecule has 0 fully saturated rings. The van der Waals surface area contributed by atoms with Crippen LogP contribution in [0.3, 0.4) is 0 Å². The van der Waals surface area contributed by atoms with Crippen molar-refractivity contribution in [1.82, 2.24) is 9.78 Å². The van der Waals surface area contributed by atoms with E-state index in [1.165, 1.54) is 7.05 Å². The Bertz CT molecular complexity index is 351. The number of aromatic nitrogens is 2. The van der Waals surface area contributed by atoms with Crippen molar-refractivity contribution in [3.8, 4) is 0 Å². The van der Waals surface area contributed by atoms with E-state index in [4.69, 9.17) is 0 Å². The van der Waals surface area contributed by atoms with Gasteiger partial charge >= 0.3 is 25.0 Å². The molecule has 0 radical (unpaired) electrons. The number of hydrogen-bond donors (Lipinski definition) is 0. The van der Waals surface area contributed by atoms with Gasteiger partial charge in [-0.15, -0.1) is 0 Å². The minimum Gasteiger partial charge on any atom is -0.768 e. The monoisotopic (exact) mass is 220 g/mol. The van der Waals surface area contributed by atoms with E-state index in [2.05, 4.69) is 5.10 Å². The maximum atomic E-state index is 12.1. The quantitative estimate of drug-likeness (QED) is 0.394. The summed E-state index contributed by atoms with van der Waals surface area (Å²) in [5.74, 6) is 0. The number of rotatable bonds is 1. The van der Waals surface area contributed by atoms with E-state index in [1.807, 2.05) is 0 Å². The fourth-order valence-corrected chi connectivity index (χ4v) is 1.34. The first-order chi connectivity index (χ1) is 5.82. The van der Waals surface area contributed by atoms with Gasteiger partial charge in [-0.1, -0.05) is 0 Å². The van der Waals surface area contributed by atoms with Crippen molar-refractivity contribution in [2.45, 2.75) is 11.1 Å². The molecule has 1 rings (SSSR count). The molecule has 0 aromatic carbocycles. The molecular weight excluding hydrogens is 216 g/mol. The Kier molecular flexibility index (Phi) is 4.39. The van der Waals surface area contributed by atoms with Gasteiger partial charge in [0.25, 0.3) is 0 Å². The number of nitrogens with zero attached hydrogens (tertiary/aromatic N) is 2. The van der Waals surface area contributed by atoms with Gasteiger partial charge in [0.15, 0.2) is 5.69 Å². The van der Waals surface area contributed by atoms with Gasteiger partial charge in [0.1, 0.15) is 0 Å². The molecule has 1 aromatic heterocycles. The number of hydrogen-bond acceptors (Lipinski definition) is 3. The third-order valence-corrected chi connectivity index (χ3v) is 1.90. The normalized spacial score (nSPS) is 13.5. The summed E-state index contributed by atoms with van der Waals surface area (Å²) in [6.45, 7) is 0. The van der Waals surface area contributed by atoms with Crippen LogP contribution in [0.2, 0.25) is 0 Å². The Morgan fingerprint density at radius 1 is 1.57 bits per heavy atom. The van der Waals surface area contributed by atoms with Gasteiger partial charge in [0.05, 0.1) is 4.90 Å². The van der Waals surface area contributed by atoms with Crippen LogP contribution in [0.15, 0.2) is 11.1 Å². The molecule has 0 aliphatic carbocycles. The van der Waals surface area contributed by atoms with Gasteiger partial charge in [0, 0.05) is 13.2 Å². The van der Waals surface area contributed by atoms with Gasteiger partial charge in [-0.2, -0.15) is 18.3 Å². The molecule has 1 unspecified atom stereocenters. The molecule has 0 N–H and O–H groups in total. The molecule has 1 atom stereocenters. The van der Waals surface area contributed by atoms with Gasteiger partial charge < -0.3 is 4.55 Å². The van der Waals surface area contributed by atoms with Crippen LogP contribution in [0.4, 0.5) is 13.2 Å². The summed E-state index contributed by atoms with van der Waals surface area (Å²) in [5, 5.41) is 3.00. The van der Waals surface area contributed by atoms with E-state index in [-0.39, 0.29) is 18.9 Å². The van der Waals surface area contributed by atoms with Crippen LogP contribution in [-0.2, 0) is 24.3 Å². The molecule has 0 saturated carbocycles.